The van der Waals surface area contributed by atoms with Crippen molar-refractivity contribution in [1.82, 2.24) is 9.88 Å². The standard InChI is InChI=1S/C16H24N2O3S/c1-9-14(22-11(3)17-9)10(2)18(4)15(19)12-5-7-13(8-6-12)16(20)21/h10,12-13H,5-8H2,1-4H3,(H,20,21). The zero-order valence-corrected chi connectivity index (χ0v) is 14.4. The number of nitrogens with zero attached hydrogens (tertiary/aromatic N) is 2. The molecular weight excluding hydrogens is 300 g/mol. The second-order valence-corrected chi connectivity index (χ2v) is 7.43. The molecular formula is C16H24N2O3S. The summed E-state index contributed by atoms with van der Waals surface area (Å²) in [5.41, 5.74) is 0.990. The number of aromatic nitrogens is 1. The molecule has 0 radical (unpaired) electrons. The molecule has 2 rings (SSSR count). The first-order valence-corrected chi connectivity index (χ1v) is 8.56. The number of thiazole rings is 1. The lowest BCUT2D eigenvalue weighted by Gasteiger charge is -2.32. The number of carbonyl (C=O) groups excluding carboxylic acids is 1. The number of aryl methyl sites for hydroxylation is 2. The van der Waals surface area contributed by atoms with E-state index < -0.39 is 5.97 Å². The lowest BCUT2D eigenvalue weighted by atomic mass is 9.81. The Morgan fingerprint density at radius 3 is 2.23 bits per heavy atom. The zero-order chi connectivity index (χ0) is 16.4. The summed E-state index contributed by atoms with van der Waals surface area (Å²) in [6, 6.07) is 0.0101. The van der Waals surface area contributed by atoms with Crippen molar-refractivity contribution in [3.05, 3.63) is 15.6 Å². The average Bonchev–Trinajstić information content (AvgIpc) is 2.83. The Hall–Kier alpha value is -1.43. The Kier molecular flexibility index (Phi) is 5.21. The number of hydrogen-bond acceptors (Lipinski definition) is 4. The molecule has 0 aromatic carbocycles. The molecule has 1 aliphatic carbocycles. The van der Waals surface area contributed by atoms with Gasteiger partial charge in [0.15, 0.2) is 0 Å². The highest BCUT2D eigenvalue weighted by atomic mass is 32.1. The molecule has 0 saturated heterocycles. The predicted octanol–water partition coefficient (Wildman–Crippen LogP) is 3.17. The molecule has 6 heteroatoms. The molecule has 1 aromatic rings. The highest BCUT2D eigenvalue weighted by Gasteiger charge is 2.33. The number of carboxylic acid groups (broad SMARTS) is 1. The van der Waals surface area contributed by atoms with Gasteiger partial charge in [0, 0.05) is 17.8 Å². The minimum Gasteiger partial charge on any atom is -0.481 e. The Bertz CT molecular complexity index is 562. The molecule has 0 spiro atoms. The molecule has 1 aliphatic rings. The molecule has 122 valence electrons. The fraction of sp³-hybridized carbons (Fsp3) is 0.688. The molecule has 1 heterocycles. The van der Waals surface area contributed by atoms with Gasteiger partial charge in [-0.05, 0) is 46.5 Å². The Morgan fingerprint density at radius 2 is 1.77 bits per heavy atom. The molecule has 22 heavy (non-hydrogen) atoms. The smallest absolute Gasteiger partial charge is 0.306 e. The quantitative estimate of drug-likeness (QED) is 0.923. The summed E-state index contributed by atoms with van der Waals surface area (Å²) >= 11 is 1.64. The van der Waals surface area contributed by atoms with Crippen LogP contribution in [0.5, 0.6) is 0 Å². The normalized spacial score (nSPS) is 23.1. The molecule has 1 amide bonds. The molecule has 1 atom stereocenters. The van der Waals surface area contributed by atoms with E-state index in [1.807, 2.05) is 27.8 Å². The first-order valence-electron chi connectivity index (χ1n) is 7.74. The van der Waals surface area contributed by atoms with Gasteiger partial charge in [-0.15, -0.1) is 11.3 Å². The van der Waals surface area contributed by atoms with E-state index in [4.69, 9.17) is 5.11 Å². The van der Waals surface area contributed by atoms with E-state index in [0.717, 1.165) is 15.6 Å². The summed E-state index contributed by atoms with van der Waals surface area (Å²) in [6.45, 7) is 5.98. The second kappa shape index (κ2) is 6.77. The van der Waals surface area contributed by atoms with E-state index in [9.17, 15) is 9.59 Å². The van der Waals surface area contributed by atoms with Gasteiger partial charge in [0.25, 0.3) is 0 Å². The SMILES string of the molecule is Cc1nc(C)c(C(C)N(C)C(=O)C2CCC(C(=O)O)CC2)s1. The minimum absolute atomic E-state index is 0.0101. The molecule has 1 unspecified atom stereocenters. The molecule has 0 aliphatic heterocycles. The van der Waals surface area contributed by atoms with Crippen LogP contribution in [-0.2, 0) is 9.59 Å². The number of rotatable bonds is 4. The minimum atomic E-state index is -0.733. The number of carboxylic acids is 1. The van der Waals surface area contributed by atoms with Crippen molar-refractivity contribution in [2.75, 3.05) is 7.05 Å². The first-order chi connectivity index (χ1) is 10.3. The van der Waals surface area contributed by atoms with Crippen LogP contribution in [0.25, 0.3) is 0 Å². The fourth-order valence-electron chi connectivity index (χ4n) is 3.18. The fourth-order valence-corrected chi connectivity index (χ4v) is 4.20. The highest BCUT2D eigenvalue weighted by molar-refractivity contribution is 7.11. The van der Waals surface area contributed by atoms with Crippen molar-refractivity contribution < 1.29 is 14.7 Å². The third-order valence-electron chi connectivity index (χ3n) is 4.67. The van der Waals surface area contributed by atoms with E-state index in [-0.39, 0.29) is 23.8 Å². The first kappa shape index (κ1) is 16.9. The third kappa shape index (κ3) is 3.48. The van der Waals surface area contributed by atoms with Crippen LogP contribution in [-0.4, -0.2) is 33.9 Å². The van der Waals surface area contributed by atoms with Gasteiger partial charge in [-0.1, -0.05) is 0 Å². The van der Waals surface area contributed by atoms with Gasteiger partial charge in [0.1, 0.15) is 0 Å². The van der Waals surface area contributed by atoms with Crippen LogP contribution in [0.15, 0.2) is 0 Å². The van der Waals surface area contributed by atoms with Crippen LogP contribution in [0.3, 0.4) is 0 Å². The highest BCUT2D eigenvalue weighted by Crippen LogP contribution is 2.33. The molecule has 1 aromatic heterocycles. The molecule has 1 N–H and O–H groups in total. The maximum atomic E-state index is 12.7. The van der Waals surface area contributed by atoms with Gasteiger partial charge >= 0.3 is 5.97 Å². The predicted molar refractivity (Wildman–Crippen MR) is 85.9 cm³/mol. The maximum Gasteiger partial charge on any atom is 0.306 e. The van der Waals surface area contributed by atoms with Gasteiger partial charge in [0.05, 0.1) is 22.7 Å². The number of aliphatic carboxylic acids is 1. The van der Waals surface area contributed by atoms with Crippen LogP contribution >= 0.6 is 11.3 Å². The molecule has 0 bridgehead atoms. The summed E-state index contributed by atoms with van der Waals surface area (Å²) in [5, 5.41) is 10.1. The lowest BCUT2D eigenvalue weighted by molar-refractivity contribution is -0.145. The molecule has 5 nitrogen and oxygen atoms in total. The van der Waals surface area contributed by atoms with Gasteiger partial charge in [-0.2, -0.15) is 0 Å². The largest absolute Gasteiger partial charge is 0.481 e. The van der Waals surface area contributed by atoms with Gasteiger partial charge in [-0.25, -0.2) is 4.98 Å². The summed E-state index contributed by atoms with van der Waals surface area (Å²) in [5.74, 6) is -0.930. The Balaban J connectivity index is 2.00. The Morgan fingerprint density at radius 1 is 1.23 bits per heavy atom. The van der Waals surface area contributed by atoms with Crippen molar-refractivity contribution in [3.8, 4) is 0 Å². The average molecular weight is 324 g/mol. The Labute approximate surface area is 135 Å². The van der Waals surface area contributed by atoms with Crippen LogP contribution in [0.2, 0.25) is 0 Å². The van der Waals surface area contributed by atoms with Crippen molar-refractivity contribution in [2.45, 2.75) is 52.5 Å². The van der Waals surface area contributed by atoms with E-state index >= 15 is 0 Å². The van der Waals surface area contributed by atoms with E-state index in [0.29, 0.717) is 25.7 Å². The van der Waals surface area contributed by atoms with Gasteiger partial charge in [0.2, 0.25) is 5.91 Å². The topological polar surface area (TPSA) is 70.5 Å². The summed E-state index contributed by atoms with van der Waals surface area (Å²) in [4.78, 5) is 31.0. The van der Waals surface area contributed by atoms with E-state index in [1.54, 1.807) is 16.2 Å². The van der Waals surface area contributed by atoms with Crippen LogP contribution in [0.1, 0.15) is 54.2 Å². The van der Waals surface area contributed by atoms with Crippen molar-refractivity contribution in [1.29, 1.82) is 0 Å². The maximum absolute atomic E-state index is 12.7. The van der Waals surface area contributed by atoms with Crippen LogP contribution in [0, 0.1) is 25.7 Å². The number of carbonyl (C=O) groups is 2. The molecule has 1 saturated carbocycles. The zero-order valence-electron chi connectivity index (χ0n) is 13.6. The summed E-state index contributed by atoms with van der Waals surface area (Å²) < 4.78 is 0. The summed E-state index contributed by atoms with van der Waals surface area (Å²) in [6.07, 6.45) is 2.56. The number of amides is 1. The summed E-state index contributed by atoms with van der Waals surface area (Å²) in [7, 11) is 1.84. The van der Waals surface area contributed by atoms with Crippen LogP contribution < -0.4 is 0 Å². The monoisotopic (exact) mass is 324 g/mol. The van der Waals surface area contributed by atoms with Gasteiger partial charge < -0.3 is 10.0 Å². The van der Waals surface area contributed by atoms with E-state index in [2.05, 4.69) is 4.98 Å². The van der Waals surface area contributed by atoms with Crippen molar-refractivity contribution in [2.24, 2.45) is 11.8 Å². The van der Waals surface area contributed by atoms with Crippen molar-refractivity contribution >= 4 is 23.2 Å². The van der Waals surface area contributed by atoms with Crippen LogP contribution in [0.4, 0.5) is 0 Å². The lowest BCUT2D eigenvalue weighted by Crippen LogP contribution is -2.37. The second-order valence-electron chi connectivity index (χ2n) is 6.19. The molecule has 1 fully saturated rings. The van der Waals surface area contributed by atoms with Gasteiger partial charge in [-0.3, -0.25) is 9.59 Å². The number of hydrogen-bond donors (Lipinski definition) is 1. The van der Waals surface area contributed by atoms with E-state index in [1.165, 1.54) is 0 Å². The van der Waals surface area contributed by atoms with Crippen molar-refractivity contribution in [3.63, 3.8) is 0 Å². The third-order valence-corrected chi connectivity index (χ3v) is 5.92.